The first-order chi connectivity index (χ1) is 9.92. The number of sulfonamides is 1. The fraction of sp³-hybridized carbons (Fsp3) is 0.600. The number of rotatable bonds is 9. The van der Waals surface area contributed by atoms with E-state index in [1.54, 1.807) is 19.2 Å². The van der Waals surface area contributed by atoms with Gasteiger partial charge >= 0.3 is 0 Å². The summed E-state index contributed by atoms with van der Waals surface area (Å²) in [4.78, 5) is 2.51. The Labute approximate surface area is 128 Å². The molecule has 0 bridgehead atoms. The van der Waals surface area contributed by atoms with E-state index in [0.717, 1.165) is 12.0 Å². The zero-order valence-electron chi connectivity index (χ0n) is 13.4. The molecule has 1 atom stereocenters. The van der Waals surface area contributed by atoms with Gasteiger partial charge in [0.25, 0.3) is 0 Å². The highest BCUT2D eigenvalue weighted by molar-refractivity contribution is 7.89. The predicted octanol–water partition coefficient (Wildman–Crippen LogP) is 1.41. The van der Waals surface area contributed by atoms with Crippen LogP contribution in [0.2, 0.25) is 0 Å². The molecule has 2 N–H and O–H groups in total. The van der Waals surface area contributed by atoms with Crippen LogP contribution in [0.5, 0.6) is 0 Å². The van der Waals surface area contributed by atoms with Crippen molar-refractivity contribution < 1.29 is 8.42 Å². The molecule has 0 heterocycles. The van der Waals surface area contributed by atoms with Gasteiger partial charge in [-0.25, -0.2) is 13.1 Å². The van der Waals surface area contributed by atoms with Gasteiger partial charge in [0, 0.05) is 25.7 Å². The molecule has 0 amide bonds. The molecule has 5 nitrogen and oxygen atoms in total. The van der Waals surface area contributed by atoms with E-state index in [9.17, 15) is 8.42 Å². The average molecular weight is 313 g/mol. The normalized spacial score (nSPS) is 13.6. The van der Waals surface area contributed by atoms with Gasteiger partial charge in [0.15, 0.2) is 0 Å². The van der Waals surface area contributed by atoms with E-state index < -0.39 is 10.0 Å². The fourth-order valence-corrected chi connectivity index (χ4v) is 3.33. The maximum Gasteiger partial charge on any atom is 0.240 e. The third-order valence-corrected chi connectivity index (χ3v) is 5.29. The first-order valence-corrected chi connectivity index (χ1v) is 8.83. The second-order valence-electron chi connectivity index (χ2n) is 5.27. The number of likely N-dealkylation sites (N-methyl/N-ethyl adjacent to an activating group) is 1. The van der Waals surface area contributed by atoms with E-state index in [1.165, 1.54) is 0 Å². The molecular weight excluding hydrogens is 286 g/mol. The predicted molar refractivity (Wildman–Crippen MR) is 86.8 cm³/mol. The molecule has 0 aliphatic heterocycles. The minimum absolute atomic E-state index is 0.352. The molecular formula is C15H27N3O2S. The van der Waals surface area contributed by atoms with E-state index in [1.807, 2.05) is 19.2 Å². The van der Waals surface area contributed by atoms with Gasteiger partial charge < -0.3 is 10.2 Å². The van der Waals surface area contributed by atoms with Crippen molar-refractivity contribution in [3.05, 3.63) is 29.8 Å². The molecule has 6 heteroatoms. The minimum atomic E-state index is -3.46. The van der Waals surface area contributed by atoms with E-state index in [4.69, 9.17) is 0 Å². The maximum atomic E-state index is 12.4. The highest BCUT2D eigenvalue weighted by atomic mass is 32.2. The second kappa shape index (κ2) is 8.48. The summed E-state index contributed by atoms with van der Waals surface area (Å²) >= 11 is 0. The summed E-state index contributed by atoms with van der Waals surface area (Å²) in [5, 5.41) is 2.99. The van der Waals surface area contributed by atoms with Crippen molar-refractivity contribution in [2.75, 3.05) is 27.2 Å². The molecule has 0 aromatic heterocycles. The van der Waals surface area contributed by atoms with Gasteiger partial charge in [0.2, 0.25) is 10.0 Å². The lowest BCUT2D eigenvalue weighted by atomic mass is 10.2. The third kappa shape index (κ3) is 5.39. The Morgan fingerprint density at radius 2 is 1.95 bits per heavy atom. The topological polar surface area (TPSA) is 61.4 Å². The summed E-state index contributed by atoms with van der Waals surface area (Å²) in [6.07, 6.45) is 1.05. The summed E-state index contributed by atoms with van der Waals surface area (Å²) in [6.45, 7) is 5.90. The van der Waals surface area contributed by atoms with Crippen LogP contribution in [0, 0.1) is 0 Å². The van der Waals surface area contributed by atoms with Crippen molar-refractivity contribution in [3.8, 4) is 0 Å². The van der Waals surface area contributed by atoms with Crippen LogP contribution in [-0.2, 0) is 16.6 Å². The molecule has 0 spiro atoms. The maximum absolute atomic E-state index is 12.4. The molecule has 1 aromatic carbocycles. The van der Waals surface area contributed by atoms with Crippen molar-refractivity contribution in [2.24, 2.45) is 0 Å². The zero-order chi connectivity index (χ0) is 15.9. The van der Waals surface area contributed by atoms with Crippen molar-refractivity contribution in [1.82, 2.24) is 14.9 Å². The molecule has 0 aliphatic carbocycles. The Hall–Kier alpha value is -0.950. The van der Waals surface area contributed by atoms with Crippen molar-refractivity contribution in [1.29, 1.82) is 0 Å². The first kappa shape index (κ1) is 18.1. The van der Waals surface area contributed by atoms with Crippen LogP contribution < -0.4 is 10.0 Å². The van der Waals surface area contributed by atoms with Crippen LogP contribution in [0.15, 0.2) is 29.2 Å². The van der Waals surface area contributed by atoms with Crippen LogP contribution in [0.3, 0.4) is 0 Å². The number of hydrogen-bond donors (Lipinski definition) is 2. The molecule has 1 unspecified atom stereocenters. The molecule has 1 aromatic rings. The van der Waals surface area contributed by atoms with Gasteiger partial charge in [-0.15, -0.1) is 0 Å². The van der Waals surface area contributed by atoms with Crippen LogP contribution >= 0.6 is 0 Å². The Kier molecular flexibility index (Phi) is 7.31. The Morgan fingerprint density at radius 3 is 2.57 bits per heavy atom. The Bertz CT molecular complexity index is 531. The van der Waals surface area contributed by atoms with Gasteiger partial charge in [-0.1, -0.05) is 25.1 Å². The minimum Gasteiger partial charge on any atom is -0.316 e. The summed E-state index contributed by atoms with van der Waals surface area (Å²) in [7, 11) is 0.357. The molecule has 120 valence electrons. The van der Waals surface area contributed by atoms with Gasteiger partial charge in [0.1, 0.15) is 0 Å². The lowest BCUT2D eigenvalue weighted by Gasteiger charge is -2.23. The zero-order valence-corrected chi connectivity index (χ0v) is 14.2. The van der Waals surface area contributed by atoms with Gasteiger partial charge in [0.05, 0.1) is 4.90 Å². The number of nitrogens with zero attached hydrogens (tertiary/aromatic N) is 1. The van der Waals surface area contributed by atoms with Crippen molar-refractivity contribution in [2.45, 2.75) is 37.8 Å². The Balaban J connectivity index is 2.70. The molecule has 0 aliphatic rings. The van der Waals surface area contributed by atoms with Crippen LogP contribution in [-0.4, -0.2) is 46.5 Å². The SMILES string of the molecule is CCC(C)N(C)CCNS(=O)(=O)c1ccccc1CNC. The monoisotopic (exact) mass is 313 g/mol. The largest absolute Gasteiger partial charge is 0.316 e. The highest BCUT2D eigenvalue weighted by Crippen LogP contribution is 2.14. The van der Waals surface area contributed by atoms with E-state index in [0.29, 0.717) is 30.6 Å². The first-order valence-electron chi connectivity index (χ1n) is 7.34. The standard InChI is InChI=1S/C15H27N3O2S/c1-5-13(2)18(4)11-10-17-21(19,20)15-9-7-6-8-14(15)12-16-3/h6-9,13,16-17H,5,10-12H2,1-4H3. The Morgan fingerprint density at radius 1 is 1.29 bits per heavy atom. The molecule has 0 saturated heterocycles. The lowest BCUT2D eigenvalue weighted by Crippen LogP contribution is -2.37. The van der Waals surface area contributed by atoms with Crippen molar-refractivity contribution >= 4 is 10.0 Å². The van der Waals surface area contributed by atoms with Crippen LogP contribution in [0.25, 0.3) is 0 Å². The van der Waals surface area contributed by atoms with E-state index in [2.05, 4.69) is 28.8 Å². The summed E-state index contributed by atoms with van der Waals surface area (Å²) in [5.74, 6) is 0. The molecule has 1 rings (SSSR count). The van der Waals surface area contributed by atoms with Gasteiger partial charge in [-0.2, -0.15) is 0 Å². The highest BCUT2D eigenvalue weighted by Gasteiger charge is 2.17. The van der Waals surface area contributed by atoms with Gasteiger partial charge in [-0.3, -0.25) is 0 Å². The third-order valence-electron chi connectivity index (χ3n) is 3.73. The van der Waals surface area contributed by atoms with Crippen LogP contribution in [0.4, 0.5) is 0 Å². The molecule has 0 radical (unpaired) electrons. The lowest BCUT2D eigenvalue weighted by molar-refractivity contribution is 0.256. The fourth-order valence-electron chi connectivity index (χ4n) is 2.07. The van der Waals surface area contributed by atoms with E-state index in [-0.39, 0.29) is 0 Å². The molecule has 0 saturated carbocycles. The van der Waals surface area contributed by atoms with E-state index >= 15 is 0 Å². The van der Waals surface area contributed by atoms with Gasteiger partial charge in [-0.05, 0) is 39.1 Å². The number of hydrogen-bond acceptors (Lipinski definition) is 4. The quantitative estimate of drug-likeness (QED) is 0.724. The number of nitrogens with one attached hydrogen (secondary N) is 2. The summed E-state index contributed by atoms with van der Waals surface area (Å²) in [5.41, 5.74) is 0.780. The molecule has 21 heavy (non-hydrogen) atoms. The number of benzene rings is 1. The average Bonchev–Trinajstić information content (AvgIpc) is 2.46. The summed E-state index contributed by atoms with van der Waals surface area (Å²) < 4.78 is 27.5. The summed E-state index contributed by atoms with van der Waals surface area (Å²) in [6, 6.07) is 7.52. The molecule has 0 fully saturated rings. The van der Waals surface area contributed by atoms with Crippen molar-refractivity contribution in [3.63, 3.8) is 0 Å². The van der Waals surface area contributed by atoms with Crippen LogP contribution in [0.1, 0.15) is 25.8 Å². The smallest absolute Gasteiger partial charge is 0.240 e. The second-order valence-corrected chi connectivity index (χ2v) is 7.01.